The van der Waals surface area contributed by atoms with E-state index in [0.717, 1.165) is 36.6 Å². The molecule has 25 heavy (non-hydrogen) atoms. The van der Waals surface area contributed by atoms with Crippen LogP contribution in [0, 0.1) is 12.8 Å². The number of hydrogen-bond donors (Lipinski definition) is 3. The highest BCUT2D eigenvalue weighted by Gasteiger charge is 2.27. The van der Waals surface area contributed by atoms with E-state index in [9.17, 15) is 9.90 Å². The van der Waals surface area contributed by atoms with Gasteiger partial charge in [-0.15, -0.1) is 0 Å². The minimum absolute atomic E-state index is 0.121. The summed E-state index contributed by atoms with van der Waals surface area (Å²) in [5, 5.41) is 16.0. The number of rotatable bonds is 7. The van der Waals surface area contributed by atoms with Crippen molar-refractivity contribution in [3.63, 3.8) is 0 Å². The zero-order valence-electron chi connectivity index (χ0n) is 15.9. The Hall–Kier alpha value is -1.82. The molecule has 1 aromatic rings. The van der Waals surface area contributed by atoms with E-state index >= 15 is 0 Å². The van der Waals surface area contributed by atoms with Gasteiger partial charge in [0.25, 0.3) is 0 Å². The molecule has 1 saturated heterocycles. The SMILES string of the molecule is CCC(C)C(C)(O)CNC(=O)NCc1ccc(C)nc1N1CCCC1. The van der Waals surface area contributed by atoms with Crippen LogP contribution in [0.15, 0.2) is 12.1 Å². The molecule has 0 bridgehead atoms. The number of aryl methyl sites for hydroxylation is 1. The molecule has 2 amide bonds. The molecule has 2 atom stereocenters. The third-order valence-electron chi connectivity index (χ3n) is 5.22. The Balaban J connectivity index is 1.91. The maximum Gasteiger partial charge on any atom is 0.315 e. The molecular formula is C19H32N4O2. The number of amides is 2. The molecule has 6 heteroatoms. The molecule has 0 saturated carbocycles. The maximum atomic E-state index is 12.1. The number of aliphatic hydroxyl groups is 1. The van der Waals surface area contributed by atoms with Gasteiger partial charge in [-0.25, -0.2) is 9.78 Å². The van der Waals surface area contributed by atoms with Crippen molar-refractivity contribution in [1.82, 2.24) is 15.6 Å². The maximum absolute atomic E-state index is 12.1. The van der Waals surface area contributed by atoms with Gasteiger partial charge in [0.15, 0.2) is 0 Å². The number of carbonyl (C=O) groups is 1. The number of anilines is 1. The van der Waals surface area contributed by atoms with E-state index < -0.39 is 5.60 Å². The molecule has 0 aliphatic carbocycles. The van der Waals surface area contributed by atoms with E-state index in [0.29, 0.717) is 6.54 Å². The number of carbonyl (C=O) groups excluding carboxylic acids is 1. The normalized spacial score (nSPS) is 17.9. The second-order valence-corrected chi connectivity index (χ2v) is 7.33. The fraction of sp³-hybridized carbons (Fsp3) is 0.684. The minimum Gasteiger partial charge on any atom is -0.388 e. The smallest absolute Gasteiger partial charge is 0.315 e. The molecule has 2 unspecified atom stereocenters. The van der Waals surface area contributed by atoms with E-state index in [1.165, 1.54) is 12.8 Å². The van der Waals surface area contributed by atoms with E-state index in [2.05, 4.69) is 20.5 Å². The molecule has 1 aliphatic heterocycles. The van der Waals surface area contributed by atoms with Gasteiger partial charge < -0.3 is 20.6 Å². The van der Waals surface area contributed by atoms with Crippen LogP contribution >= 0.6 is 0 Å². The van der Waals surface area contributed by atoms with Gasteiger partial charge in [-0.1, -0.05) is 26.3 Å². The van der Waals surface area contributed by atoms with Gasteiger partial charge in [0.2, 0.25) is 0 Å². The summed E-state index contributed by atoms with van der Waals surface area (Å²) in [5.74, 6) is 1.10. The first-order chi connectivity index (χ1) is 11.8. The highest BCUT2D eigenvalue weighted by Crippen LogP contribution is 2.23. The van der Waals surface area contributed by atoms with Crippen molar-refractivity contribution in [3.05, 3.63) is 23.4 Å². The summed E-state index contributed by atoms with van der Waals surface area (Å²) >= 11 is 0. The summed E-state index contributed by atoms with van der Waals surface area (Å²) in [6.45, 7) is 10.5. The summed E-state index contributed by atoms with van der Waals surface area (Å²) in [6, 6.07) is 3.74. The van der Waals surface area contributed by atoms with Crippen LogP contribution < -0.4 is 15.5 Å². The van der Waals surface area contributed by atoms with Crippen LogP contribution in [0.3, 0.4) is 0 Å². The molecule has 1 aliphatic rings. The van der Waals surface area contributed by atoms with E-state index in [4.69, 9.17) is 0 Å². The molecule has 0 radical (unpaired) electrons. The van der Waals surface area contributed by atoms with Crippen molar-refractivity contribution in [2.24, 2.45) is 5.92 Å². The largest absolute Gasteiger partial charge is 0.388 e. The molecule has 2 heterocycles. The fourth-order valence-electron chi connectivity index (χ4n) is 3.02. The Morgan fingerprint density at radius 1 is 1.36 bits per heavy atom. The van der Waals surface area contributed by atoms with Crippen molar-refractivity contribution in [2.75, 3.05) is 24.5 Å². The zero-order valence-corrected chi connectivity index (χ0v) is 15.9. The van der Waals surface area contributed by atoms with Gasteiger partial charge in [-0.3, -0.25) is 0 Å². The first-order valence-electron chi connectivity index (χ1n) is 9.29. The predicted molar refractivity (Wildman–Crippen MR) is 101 cm³/mol. The van der Waals surface area contributed by atoms with E-state index in [1.807, 2.05) is 32.9 Å². The van der Waals surface area contributed by atoms with Crippen LogP contribution in [-0.4, -0.2) is 41.4 Å². The Morgan fingerprint density at radius 2 is 2.04 bits per heavy atom. The monoisotopic (exact) mass is 348 g/mol. The molecule has 3 N–H and O–H groups in total. The molecule has 1 fully saturated rings. The van der Waals surface area contributed by atoms with Gasteiger partial charge in [0.1, 0.15) is 5.82 Å². The van der Waals surface area contributed by atoms with Crippen molar-refractivity contribution in [3.8, 4) is 0 Å². The summed E-state index contributed by atoms with van der Waals surface area (Å²) in [6.07, 6.45) is 3.24. The zero-order chi connectivity index (χ0) is 18.4. The highest BCUT2D eigenvalue weighted by molar-refractivity contribution is 5.74. The summed E-state index contributed by atoms with van der Waals surface area (Å²) < 4.78 is 0. The van der Waals surface area contributed by atoms with Crippen molar-refractivity contribution < 1.29 is 9.90 Å². The van der Waals surface area contributed by atoms with Crippen LogP contribution in [-0.2, 0) is 6.54 Å². The topological polar surface area (TPSA) is 77.5 Å². The Labute approximate surface area is 151 Å². The van der Waals surface area contributed by atoms with Gasteiger partial charge in [-0.2, -0.15) is 0 Å². The van der Waals surface area contributed by atoms with Gasteiger partial charge >= 0.3 is 6.03 Å². The molecule has 2 rings (SSSR count). The third-order valence-corrected chi connectivity index (χ3v) is 5.22. The van der Waals surface area contributed by atoms with Crippen LogP contribution in [0.1, 0.15) is 51.3 Å². The second kappa shape index (κ2) is 8.52. The average Bonchev–Trinajstić information content (AvgIpc) is 3.12. The standard InChI is InChI=1S/C19H32N4O2/c1-5-14(2)19(4,25)13-21-18(24)20-12-16-9-8-15(3)22-17(16)23-10-6-7-11-23/h8-9,14,25H,5-7,10-13H2,1-4H3,(H2,20,21,24). The van der Waals surface area contributed by atoms with E-state index in [-0.39, 0.29) is 18.5 Å². The van der Waals surface area contributed by atoms with Crippen LogP contribution in [0.2, 0.25) is 0 Å². The molecule has 1 aromatic heterocycles. The number of urea groups is 1. The predicted octanol–water partition coefficient (Wildman–Crippen LogP) is 2.59. The lowest BCUT2D eigenvalue weighted by molar-refractivity contribution is 0.00790. The molecule has 0 aromatic carbocycles. The summed E-state index contributed by atoms with van der Waals surface area (Å²) in [5.41, 5.74) is 1.11. The lowest BCUT2D eigenvalue weighted by Gasteiger charge is -2.29. The lowest BCUT2D eigenvalue weighted by atomic mass is 9.89. The van der Waals surface area contributed by atoms with Crippen LogP contribution in [0.5, 0.6) is 0 Å². The number of aromatic nitrogens is 1. The quantitative estimate of drug-likeness (QED) is 0.708. The van der Waals surface area contributed by atoms with Crippen LogP contribution in [0.25, 0.3) is 0 Å². The first kappa shape index (κ1) is 19.5. The number of nitrogens with zero attached hydrogens (tertiary/aromatic N) is 2. The van der Waals surface area contributed by atoms with E-state index in [1.54, 1.807) is 6.92 Å². The highest BCUT2D eigenvalue weighted by atomic mass is 16.3. The first-order valence-corrected chi connectivity index (χ1v) is 9.29. The third kappa shape index (κ3) is 5.33. The molecule has 6 nitrogen and oxygen atoms in total. The fourth-order valence-corrected chi connectivity index (χ4v) is 3.02. The van der Waals surface area contributed by atoms with Crippen LogP contribution in [0.4, 0.5) is 10.6 Å². The van der Waals surface area contributed by atoms with Gasteiger partial charge in [-0.05, 0) is 38.7 Å². The Bertz CT molecular complexity index is 583. The summed E-state index contributed by atoms with van der Waals surface area (Å²) in [7, 11) is 0. The number of pyridine rings is 1. The second-order valence-electron chi connectivity index (χ2n) is 7.33. The summed E-state index contributed by atoms with van der Waals surface area (Å²) in [4.78, 5) is 19.1. The Kier molecular flexibility index (Phi) is 6.64. The van der Waals surface area contributed by atoms with Gasteiger partial charge in [0, 0.05) is 37.4 Å². The molecule has 0 spiro atoms. The minimum atomic E-state index is -0.905. The molecular weight excluding hydrogens is 316 g/mol. The number of hydrogen-bond acceptors (Lipinski definition) is 4. The average molecular weight is 348 g/mol. The van der Waals surface area contributed by atoms with Crippen molar-refractivity contribution in [1.29, 1.82) is 0 Å². The number of nitrogens with one attached hydrogen (secondary N) is 2. The van der Waals surface area contributed by atoms with Gasteiger partial charge in [0.05, 0.1) is 5.60 Å². The van der Waals surface area contributed by atoms with Crippen molar-refractivity contribution >= 4 is 11.8 Å². The Morgan fingerprint density at radius 3 is 2.68 bits per heavy atom. The lowest BCUT2D eigenvalue weighted by Crippen LogP contribution is -2.47. The molecule has 140 valence electrons. The van der Waals surface area contributed by atoms with Crippen molar-refractivity contribution in [2.45, 2.75) is 59.1 Å².